The van der Waals surface area contributed by atoms with Gasteiger partial charge in [-0.25, -0.2) is 14.8 Å². The molecule has 0 bridgehead atoms. The number of rotatable bonds is 4. The Labute approximate surface area is 150 Å². The van der Waals surface area contributed by atoms with Crippen LogP contribution in [0.3, 0.4) is 0 Å². The molecule has 2 aliphatic rings. The number of aliphatic hydroxyl groups excluding tert-OH is 1. The van der Waals surface area contributed by atoms with Gasteiger partial charge in [-0.2, -0.15) is 4.98 Å². The third-order valence-corrected chi connectivity index (χ3v) is 5.39. The summed E-state index contributed by atoms with van der Waals surface area (Å²) in [4.78, 5) is 29.0. The van der Waals surface area contributed by atoms with Crippen LogP contribution in [0.2, 0.25) is 0 Å². The molecule has 2 aromatic rings. The molecule has 9 nitrogen and oxygen atoms in total. The lowest BCUT2D eigenvalue weighted by Gasteiger charge is -2.39. The predicted molar refractivity (Wildman–Crippen MR) is 94.2 cm³/mol. The van der Waals surface area contributed by atoms with Crippen LogP contribution in [0.4, 0.5) is 11.8 Å². The Hall–Kier alpha value is -2.68. The SMILES string of the molecule is O=C(O)C1(n2ccnc2)CCN(c2nccc(N3CC[C@H](O)C3)n2)CC1. The second-order valence-electron chi connectivity index (χ2n) is 6.90. The highest BCUT2D eigenvalue weighted by Gasteiger charge is 2.43. The zero-order chi connectivity index (χ0) is 18.1. The number of nitrogens with zero attached hydrogens (tertiary/aromatic N) is 6. The van der Waals surface area contributed by atoms with Gasteiger partial charge in [0.15, 0.2) is 0 Å². The molecule has 0 unspecified atom stereocenters. The van der Waals surface area contributed by atoms with Crippen molar-refractivity contribution in [2.45, 2.75) is 30.9 Å². The van der Waals surface area contributed by atoms with Gasteiger partial charge < -0.3 is 24.6 Å². The Kier molecular flexibility index (Phi) is 4.23. The van der Waals surface area contributed by atoms with E-state index in [0.29, 0.717) is 38.4 Å². The Balaban J connectivity index is 1.50. The first-order chi connectivity index (χ1) is 12.6. The van der Waals surface area contributed by atoms with Crippen molar-refractivity contribution >= 4 is 17.7 Å². The van der Waals surface area contributed by atoms with Gasteiger partial charge in [0.25, 0.3) is 0 Å². The molecule has 0 amide bonds. The molecular weight excluding hydrogens is 336 g/mol. The molecule has 0 spiro atoms. The average molecular weight is 358 g/mol. The molecule has 2 fully saturated rings. The summed E-state index contributed by atoms with van der Waals surface area (Å²) in [7, 11) is 0. The second kappa shape index (κ2) is 6.56. The van der Waals surface area contributed by atoms with Crippen LogP contribution in [-0.4, -0.2) is 68.0 Å². The van der Waals surface area contributed by atoms with Crippen molar-refractivity contribution in [1.82, 2.24) is 19.5 Å². The van der Waals surface area contributed by atoms with Crippen LogP contribution in [0.25, 0.3) is 0 Å². The minimum Gasteiger partial charge on any atom is -0.479 e. The van der Waals surface area contributed by atoms with E-state index in [1.807, 2.05) is 15.9 Å². The third kappa shape index (κ3) is 2.88. The molecule has 2 saturated heterocycles. The van der Waals surface area contributed by atoms with E-state index in [4.69, 9.17) is 0 Å². The van der Waals surface area contributed by atoms with Crippen LogP contribution < -0.4 is 9.80 Å². The van der Waals surface area contributed by atoms with E-state index in [-0.39, 0.29) is 6.10 Å². The Morgan fingerprint density at radius 3 is 2.62 bits per heavy atom. The van der Waals surface area contributed by atoms with E-state index in [1.54, 1.807) is 29.5 Å². The van der Waals surface area contributed by atoms with Crippen LogP contribution in [0, 0.1) is 0 Å². The van der Waals surface area contributed by atoms with E-state index >= 15 is 0 Å². The first kappa shape index (κ1) is 16.8. The summed E-state index contributed by atoms with van der Waals surface area (Å²) in [5.41, 5.74) is -0.969. The van der Waals surface area contributed by atoms with Gasteiger partial charge in [-0.15, -0.1) is 0 Å². The van der Waals surface area contributed by atoms with Crippen molar-refractivity contribution in [2.75, 3.05) is 36.0 Å². The van der Waals surface area contributed by atoms with Crippen molar-refractivity contribution < 1.29 is 15.0 Å². The monoisotopic (exact) mass is 358 g/mol. The standard InChI is InChI=1S/C17H22N6O3/c24-13-2-7-22(11-13)14-1-5-19-16(20-14)21-8-3-17(4-9-21,15(25)26)23-10-6-18-12-23/h1,5-6,10,12-13,24H,2-4,7-9,11H2,(H,25,26)/t13-/m0/s1. The Morgan fingerprint density at radius 1 is 1.19 bits per heavy atom. The number of imidazole rings is 1. The number of β-amino-alcohol motifs (C(OH)–C–C–N with tert-alkyl or cyclic N) is 1. The lowest BCUT2D eigenvalue weighted by Crippen LogP contribution is -2.51. The molecule has 2 aromatic heterocycles. The third-order valence-electron chi connectivity index (χ3n) is 5.39. The van der Waals surface area contributed by atoms with Crippen LogP contribution in [-0.2, 0) is 10.3 Å². The van der Waals surface area contributed by atoms with E-state index in [1.165, 1.54) is 0 Å². The summed E-state index contributed by atoms with van der Waals surface area (Å²) in [6, 6.07) is 1.85. The fourth-order valence-electron chi connectivity index (χ4n) is 3.79. The maximum Gasteiger partial charge on any atom is 0.330 e. The highest BCUT2D eigenvalue weighted by atomic mass is 16.4. The largest absolute Gasteiger partial charge is 0.479 e. The quantitative estimate of drug-likeness (QED) is 0.805. The molecule has 138 valence electrons. The number of carboxylic acid groups (broad SMARTS) is 1. The molecule has 0 radical (unpaired) electrons. The predicted octanol–water partition coefficient (Wildman–Crippen LogP) is 0.324. The van der Waals surface area contributed by atoms with E-state index in [2.05, 4.69) is 15.0 Å². The molecule has 2 aliphatic heterocycles. The molecule has 26 heavy (non-hydrogen) atoms. The van der Waals surface area contributed by atoms with Gasteiger partial charge in [-0.1, -0.05) is 0 Å². The maximum atomic E-state index is 11.9. The Bertz CT molecular complexity index is 773. The zero-order valence-corrected chi connectivity index (χ0v) is 14.4. The number of carboxylic acids is 1. The smallest absolute Gasteiger partial charge is 0.330 e. The number of piperidine rings is 1. The van der Waals surface area contributed by atoms with Gasteiger partial charge in [-0.3, -0.25) is 0 Å². The van der Waals surface area contributed by atoms with Gasteiger partial charge >= 0.3 is 5.97 Å². The van der Waals surface area contributed by atoms with Gasteiger partial charge in [-0.05, 0) is 25.3 Å². The van der Waals surface area contributed by atoms with Crippen LogP contribution in [0.5, 0.6) is 0 Å². The number of aliphatic carboxylic acids is 1. The molecule has 1 atom stereocenters. The lowest BCUT2D eigenvalue weighted by atomic mass is 9.87. The summed E-state index contributed by atoms with van der Waals surface area (Å²) >= 11 is 0. The van der Waals surface area contributed by atoms with Gasteiger partial charge in [0.05, 0.1) is 12.4 Å². The van der Waals surface area contributed by atoms with E-state index in [0.717, 1.165) is 18.8 Å². The number of hydrogen-bond donors (Lipinski definition) is 2. The topological polar surface area (TPSA) is 108 Å². The average Bonchev–Trinajstić information content (AvgIpc) is 3.34. The molecular formula is C17H22N6O3. The molecule has 4 heterocycles. The zero-order valence-electron chi connectivity index (χ0n) is 14.4. The summed E-state index contributed by atoms with van der Waals surface area (Å²) in [5, 5.41) is 19.5. The minimum atomic E-state index is -0.969. The fourth-order valence-corrected chi connectivity index (χ4v) is 3.79. The van der Waals surface area contributed by atoms with Crippen LogP contribution >= 0.6 is 0 Å². The van der Waals surface area contributed by atoms with Crippen LogP contribution in [0.1, 0.15) is 19.3 Å². The van der Waals surface area contributed by atoms with Gasteiger partial charge in [0, 0.05) is 44.8 Å². The van der Waals surface area contributed by atoms with Crippen molar-refractivity contribution in [3.05, 3.63) is 31.0 Å². The highest BCUT2D eigenvalue weighted by molar-refractivity contribution is 5.77. The molecule has 0 saturated carbocycles. The first-order valence-corrected chi connectivity index (χ1v) is 8.81. The minimum absolute atomic E-state index is 0.310. The molecule has 2 N–H and O–H groups in total. The van der Waals surface area contributed by atoms with Gasteiger partial charge in [0.2, 0.25) is 5.95 Å². The summed E-state index contributed by atoms with van der Waals surface area (Å²) in [5.74, 6) is 0.570. The number of aliphatic hydroxyl groups is 1. The second-order valence-corrected chi connectivity index (χ2v) is 6.90. The molecule has 4 rings (SSSR count). The fraction of sp³-hybridized carbons (Fsp3) is 0.529. The van der Waals surface area contributed by atoms with E-state index in [9.17, 15) is 15.0 Å². The maximum absolute atomic E-state index is 11.9. The van der Waals surface area contributed by atoms with Gasteiger partial charge in [0.1, 0.15) is 11.4 Å². The summed E-state index contributed by atoms with van der Waals surface area (Å²) in [6.45, 7) is 2.46. The molecule has 9 heteroatoms. The number of hydrogen-bond acceptors (Lipinski definition) is 7. The van der Waals surface area contributed by atoms with E-state index < -0.39 is 11.5 Å². The lowest BCUT2D eigenvalue weighted by molar-refractivity contribution is -0.148. The normalized spacial score (nSPS) is 22.6. The van der Waals surface area contributed by atoms with Crippen molar-refractivity contribution in [1.29, 1.82) is 0 Å². The molecule has 0 aromatic carbocycles. The first-order valence-electron chi connectivity index (χ1n) is 8.81. The Morgan fingerprint density at radius 2 is 2.00 bits per heavy atom. The molecule has 0 aliphatic carbocycles. The van der Waals surface area contributed by atoms with Crippen molar-refractivity contribution in [3.8, 4) is 0 Å². The van der Waals surface area contributed by atoms with Crippen LogP contribution in [0.15, 0.2) is 31.0 Å². The number of carbonyl (C=O) groups is 1. The van der Waals surface area contributed by atoms with Crippen molar-refractivity contribution in [3.63, 3.8) is 0 Å². The highest BCUT2D eigenvalue weighted by Crippen LogP contribution is 2.32. The number of aromatic nitrogens is 4. The van der Waals surface area contributed by atoms with Crippen molar-refractivity contribution in [2.24, 2.45) is 0 Å². The summed E-state index contributed by atoms with van der Waals surface area (Å²) in [6.07, 6.45) is 7.94. The number of anilines is 2. The summed E-state index contributed by atoms with van der Waals surface area (Å²) < 4.78 is 1.69.